The molecule has 100 valence electrons. The molecular weight excluding hydrogens is 248 g/mol. The molecule has 0 aliphatic carbocycles. The first-order chi connectivity index (χ1) is 8.40. The molecule has 0 unspecified atom stereocenters. The molecular formula is C13H20N2O2S. The van der Waals surface area contributed by atoms with E-state index in [0.717, 1.165) is 11.4 Å². The summed E-state index contributed by atoms with van der Waals surface area (Å²) >= 11 is 1.22. The molecule has 0 radical (unpaired) electrons. The number of nitrogens with one attached hydrogen (secondary N) is 1. The highest BCUT2D eigenvalue weighted by atomic mass is 32.1. The fraction of sp³-hybridized carbons (Fsp3) is 0.538. The van der Waals surface area contributed by atoms with Crippen LogP contribution in [0.2, 0.25) is 0 Å². The molecule has 0 fully saturated rings. The second-order valence-electron chi connectivity index (χ2n) is 4.84. The van der Waals surface area contributed by atoms with Gasteiger partial charge in [-0.05, 0) is 18.1 Å². The predicted molar refractivity (Wildman–Crippen MR) is 76.9 cm³/mol. The van der Waals surface area contributed by atoms with Crippen LogP contribution in [0.4, 0.5) is 5.00 Å². The van der Waals surface area contributed by atoms with Crippen LogP contribution in [0.25, 0.3) is 6.08 Å². The highest BCUT2D eigenvalue weighted by Gasteiger charge is 2.10. The number of nitrogens with zero attached hydrogens (tertiary/aromatic N) is 1. The van der Waals surface area contributed by atoms with Gasteiger partial charge in [0.05, 0.1) is 4.92 Å². The fourth-order valence-corrected chi connectivity index (χ4v) is 2.24. The molecule has 18 heavy (non-hydrogen) atoms. The van der Waals surface area contributed by atoms with Crippen LogP contribution in [0.3, 0.4) is 0 Å². The third-order valence-corrected chi connectivity index (χ3v) is 3.56. The standard InChI is InChI=1S/C13H20N2O2S/c1-9(2)11(8-14-10(3)4)7-12-5-6-13(18-12)15(16)17/h5-7,9-10,14H,8H2,1-4H3/b11-7-. The minimum absolute atomic E-state index is 0.196. The monoisotopic (exact) mass is 268 g/mol. The zero-order valence-electron chi connectivity index (χ0n) is 11.3. The summed E-state index contributed by atoms with van der Waals surface area (Å²) in [6.45, 7) is 9.30. The van der Waals surface area contributed by atoms with Gasteiger partial charge in [0.25, 0.3) is 0 Å². The molecule has 0 bridgehead atoms. The van der Waals surface area contributed by atoms with Crippen LogP contribution in [0.5, 0.6) is 0 Å². The van der Waals surface area contributed by atoms with Crippen molar-refractivity contribution in [3.05, 3.63) is 32.7 Å². The topological polar surface area (TPSA) is 55.2 Å². The van der Waals surface area contributed by atoms with E-state index in [1.165, 1.54) is 16.9 Å². The van der Waals surface area contributed by atoms with E-state index in [1.807, 2.05) is 0 Å². The third kappa shape index (κ3) is 4.58. The van der Waals surface area contributed by atoms with Crippen molar-refractivity contribution < 1.29 is 4.92 Å². The molecule has 4 nitrogen and oxygen atoms in total. The summed E-state index contributed by atoms with van der Waals surface area (Å²) in [6, 6.07) is 3.80. The van der Waals surface area contributed by atoms with Gasteiger partial charge in [0, 0.05) is 23.5 Å². The summed E-state index contributed by atoms with van der Waals surface area (Å²) in [4.78, 5) is 11.2. The van der Waals surface area contributed by atoms with Gasteiger partial charge < -0.3 is 5.32 Å². The maximum atomic E-state index is 10.6. The molecule has 0 atom stereocenters. The molecule has 5 heteroatoms. The van der Waals surface area contributed by atoms with Gasteiger partial charge in [0.1, 0.15) is 0 Å². The zero-order valence-corrected chi connectivity index (χ0v) is 12.1. The smallest absolute Gasteiger partial charge is 0.311 e. The Balaban J connectivity index is 2.83. The third-order valence-electron chi connectivity index (χ3n) is 2.58. The van der Waals surface area contributed by atoms with Crippen LogP contribution in [-0.2, 0) is 0 Å². The van der Waals surface area contributed by atoms with Crippen molar-refractivity contribution >= 4 is 22.4 Å². The summed E-state index contributed by atoms with van der Waals surface area (Å²) in [6.07, 6.45) is 2.05. The van der Waals surface area contributed by atoms with Crippen LogP contribution < -0.4 is 5.32 Å². The molecule has 1 N–H and O–H groups in total. The van der Waals surface area contributed by atoms with E-state index in [9.17, 15) is 10.1 Å². The van der Waals surface area contributed by atoms with E-state index in [-0.39, 0.29) is 9.92 Å². The van der Waals surface area contributed by atoms with Gasteiger partial charge in [-0.3, -0.25) is 10.1 Å². The molecule has 0 saturated heterocycles. The van der Waals surface area contributed by atoms with E-state index in [4.69, 9.17) is 0 Å². The minimum atomic E-state index is -0.344. The van der Waals surface area contributed by atoms with Gasteiger partial charge in [-0.25, -0.2) is 0 Å². The largest absolute Gasteiger partial charge is 0.324 e. The van der Waals surface area contributed by atoms with Gasteiger partial charge in [0.15, 0.2) is 0 Å². The second kappa shape index (κ2) is 6.66. The molecule has 1 aromatic rings. The second-order valence-corrected chi connectivity index (χ2v) is 5.94. The van der Waals surface area contributed by atoms with Gasteiger partial charge in [-0.15, -0.1) is 0 Å². The van der Waals surface area contributed by atoms with Crippen LogP contribution in [0.1, 0.15) is 32.6 Å². The van der Waals surface area contributed by atoms with Crippen LogP contribution in [-0.4, -0.2) is 17.5 Å². The fourth-order valence-electron chi connectivity index (χ4n) is 1.44. The molecule has 1 aromatic heterocycles. The Morgan fingerprint density at radius 2 is 2.11 bits per heavy atom. The Morgan fingerprint density at radius 3 is 2.56 bits per heavy atom. The summed E-state index contributed by atoms with van der Waals surface area (Å²) in [5, 5.41) is 14.2. The Morgan fingerprint density at radius 1 is 1.44 bits per heavy atom. The molecule has 1 rings (SSSR count). The number of thiophene rings is 1. The van der Waals surface area contributed by atoms with Gasteiger partial charge >= 0.3 is 5.00 Å². The van der Waals surface area contributed by atoms with Gasteiger partial charge in [0.2, 0.25) is 0 Å². The SMILES string of the molecule is CC(C)NC/C(=C/c1ccc([N+](=O)[O-])s1)C(C)C. The average Bonchev–Trinajstić information content (AvgIpc) is 2.71. The van der Waals surface area contributed by atoms with Crippen molar-refractivity contribution in [2.24, 2.45) is 5.92 Å². The lowest BCUT2D eigenvalue weighted by Gasteiger charge is -2.14. The minimum Gasteiger partial charge on any atom is -0.311 e. The Bertz CT molecular complexity index is 436. The van der Waals surface area contributed by atoms with Crippen molar-refractivity contribution in [1.82, 2.24) is 5.32 Å². The highest BCUT2D eigenvalue weighted by molar-refractivity contribution is 7.16. The predicted octanol–water partition coefficient (Wildman–Crippen LogP) is 3.69. The molecule has 0 amide bonds. The van der Waals surface area contributed by atoms with Crippen molar-refractivity contribution in [3.8, 4) is 0 Å². The van der Waals surface area contributed by atoms with E-state index in [1.54, 1.807) is 12.1 Å². The van der Waals surface area contributed by atoms with E-state index in [2.05, 4.69) is 39.1 Å². The van der Waals surface area contributed by atoms with E-state index in [0.29, 0.717) is 12.0 Å². The molecule has 0 aliphatic heterocycles. The van der Waals surface area contributed by atoms with Gasteiger partial charge in [-0.1, -0.05) is 44.6 Å². The van der Waals surface area contributed by atoms with Crippen LogP contribution in [0.15, 0.2) is 17.7 Å². The maximum Gasteiger partial charge on any atom is 0.324 e. The Hall–Kier alpha value is -1.20. The Kier molecular flexibility index (Phi) is 5.50. The lowest BCUT2D eigenvalue weighted by atomic mass is 10.0. The quantitative estimate of drug-likeness (QED) is 0.632. The van der Waals surface area contributed by atoms with Crippen LogP contribution in [0, 0.1) is 16.0 Å². The van der Waals surface area contributed by atoms with E-state index < -0.39 is 0 Å². The number of nitro groups is 1. The summed E-state index contributed by atoms with van der Waals surface area (Å²) in [5.74, 6) is 0.428. The molecule has 0 aliphatic rings. The number of hydrogen-bond donors (Lipinski definition) is 1. The summed E-state index contributed by atoms with van der Waals surface area (Å²) < 4.78 is 0. The van der Waals surface area contributed by atoms with Crippen molar-refractivity contribution in [1.29, 1.82) is 0 Å². The highest BCUT2D eigenvalue weighted by Crippen LogP contribution is 2.27. The molecule has 1 heterocycles. The lowest BCUT2D eigenvalue weighted by molar-refractivity contribution is -0.380. The maximum absolute atomic E-state index is 10.6. The molecule has 0 spiro atoms. The molecule has 0 saturated carbocycles. The summed E-state index contributed by atoms with van der Waals surface area (Å²) in [7, 11) is 0. The lowest BCUT2D eigenvalue weighted by Crippen LogP contribution is -2.26. The van der Waals surface area contributed by atoms with Crippen molar-refractivity contribution in [2.75, 3.05) is 6.54 Å². The number of rotatable bonds is 6. The Labute approximate surface area is 112 Å². The first kappa shape index (κ1) is 14.9. The van der Waals surface area contributed by atoms with E-state index >= 15 is 0 Å². The normalized spacial score (nSPS) is 12.4. The van der Waals surface area contributed by atoms with Crippen molar-refractivity contribution in [3.63, 3.8) is 0 Å². The van der Waals surface area contributed by atoms with Gasteiger partial charge in [-0.2, -0.15) is 0 Å². The van der Waals surface area contributed by atoms with Crippen LogP contribution >= 0.6 is 11.3 Å². The average molecular weight is 268 g/mol. The number of hydrogen-bond acceptors (Lipinski definition) is 4. The molecule has 0 aromatic carbocycles. The first-order valence-electron chi connectivity index (χ1n) is 6.08. The summed E-state index contributed by atoms with van der Waals surface area (Å²) in [5.41, 5.74) is 1.26. The zero-order chi connectivity index (χ0) is 13.7. The van der Waals surface area contributed by atoms with Crippen molar-refractivity contribution in [2.45, 2.75) is 33.7 Å². The first-order valence-corrected chi connectivity index (χ1v) is 6.90.